The molecule has 0 radical (unpaired) electrons. The summed E-state index contributed by atoms with van der Waals surface area (Å²) in [7, 11) is 0. The molecule has 2 heterocycles. The van der Waals surface area contributed by atoms with E-state index in [2.05, 4.69) is 0 Å². The van der Waals surface area contributed by atoms with Gasteiger partial charge in [0.15, 0.2) is 0 Å². The quantitative estimate of drug-likeness (QED) is 0.576. The summed E-state index contributed by atoms with van der Waals surface area (Å²) < 4.78 is 5.10. The van der Waals surface area contributed by atoms with Gasteiger partial charge in [-0.2, -0.15) is 0 Å². The fraction of sp³-hybridized carbons (Fsp3) is 0.500. The molecular formula is C18H20Cl2N2O4. The Morgan fingerprint density at radius 2 is 2.08 bits per heavy atom. The Hall–Kier alpha value is -1.63. The van der Waals surface area contributed by atoms with Crippen molar-refractivity contribution in [3.63, 3.8) is 0 Å². The molecule has 1 aromatic rings. The number of anilines is 1. The van der Waals surface area contributed by atoms with Crippen LogP contribution in [0.5, 0.6) is 0 Å². The van der Waals surface area contributed by atoms with Crippen LogP contribution in [0.2, 0.25) is 10.0 Å². The highest BCUT2D eigenvalue weighted by molar-refractivity contribution is 6.38. The van der Waals surface area contributed by atoms with E-state index in [4.69, 9.17) is 27.9 Å². The van der Waals surface area contributed by atoms with Crippen LogP contribution < -0.4 is 4.90 Å². The van der Waals surface area contributed by atoms with E-state index >= 15 is 0 Å². The van der Waals surface area contributed by atoms with Crippen molar-refractivity contribution in [2.24, 2.45) is 5.92 Å². The van der Waals surface area contributed by atoms with E-state index in [1.165, 1.54) is 6.07 Å². The van der Waals surface area contributed by atoms with Gasteiger partial charge in [-0.05, 0) is 44.5 Å². The van der Waals surface area contributed by atoms with Crippen LogP contribution in [-0.2, 0) is 19.1 Å². The molecule has 8 heteroatoms. The van der Waals surface area contributed by atoms with Gasteiger partial charge in [0, 0.05) is 11.6 Å². The number of likely N-dealkylation sites (tertiary alicyclic amines) is 1. The molecule has 2 aliphatic heterocycles. The molecule has 0 spiro atoms. The molecule has 2 saturated heterocycles. The number of rotatable bonds is 4. The summed E-state index contributed by atoms with van der Waals surface area (Å²) in [5.74, 6) is -1.13. The molecule has 2 fully saturated rings. The number of amides is 2. The first-order chi connectivity index (χ1) is 12.4. The maximum atomic E-state index is 12.9. The van der Waals surface area contributed by atoms with Crippen molar-refractivity contribution >= 4 is 46.7 Å². The topological polar surface area (TPSA) is 66.9 Å². The van der Waals surface area contributed by atoms with Gasteiger partial charge in [0.05, 0.1) is 35.7 Å². The van der Waals surface area contributed by atoms with E-state index in [1.807, 2.05) is 4.90 Å². The van der Waals surface area contributed by atoms with Crippen molar-refractivity contribution in [3.05, 3.63) is 28.2 Å². The van der Waals surface area contributed by atoms with E-state index in [-0.39, 0.29) is 35.1 Å². The second-order valence-corrected chi connectivity index (χ2v) is 7.31. The number of hydrogen-bond acceptors (Lipinski definition) is 5. The van der Waals surface area contributed by atoms with E-state index in [0.717, 1.165) is 17.7 Å². The lowest BCUT2D eigenvalue weighted by molar-refractivity contribution is -0.150. The predicted molar refractivity (Wildman–Crippen MR) is 98.3 cm³/mol. The molecule has 2 atom stereocenters. The van der Waals surface area contributed by atoms with E-state index < -0.39 is 6.04 Å². The number of nitrogens with zero attached hydrogens (tertiary/aromatic N) is 2. The third-order valence-electron chi connectivity index (χ3n) is 4.79. The van der Waals surface area contributed by atoms with Gasteiger partial charge in [-0.15, -0.1) is 0 Å². The second kappa shape index (κ2) is 7.94. The van der Waals surface area contributed by atoms with Gasteiger partial charge in [-0.3, -0.25) is 19.3 Å². The highest BCUT2D eigenvalue weighted by Crippen LogP contribution is 2.34. The summed E-state index contributed by atoms with van der Waals surface area (Å²) in [6, 6.07) is 4.09. The standard InChI is InChI=1S/C18H20Cl2N2O4/c1-2-26-18(25)11-4-3-7-21(10-11)15-9-16(23)22(17(15)24)14-6-5-12(19)8-13(14)20/h5-6,8,11,15H,2-4,7,9-10H2,1H3/t11-,15-/m1/s1. The zero-order valence-electron chi connectivity index (χ0n) is 14.4. The number of piperidine rings is 1. The minimum atomic E-state index is -0.577. The van der Waals surface area contributed by atoms with Crippen LogP contribution in [0.25, 0.3) is 0 Å². The summed E-state index contributed by atoms with van der Waals surface area (Å²) >= 11 is 12.1. The molecule has 0 aromatic heterocycles. The number of ether oxygens (including phenoxy) is 1. The number of hydrogen-bond donors (Lipinski definition) is 0. The molecule has 0 aliphatic carbocycles. The number of halogens is 2. The second-order valence-electron chi connectivity index (χ2n) is 6.47. The van der Waals surface area contributed by atoms with Gasteiger partial charge in [-0.1, -0.05) is 23.2 Å². The third kappa shape index (κ3) is 3.72. The minimum Gasteiger partial charge on any atom is -0.466 e. The predicted octanol–water partition coefficient (Wildman–Crippen LogP) is 2.90. The first kappa shape index (κ1) is 19.1. The summed E-state index contributed by atoms with van der Waals surface area (Å²) in [4.78, 5) is 40.5. The van der Waals surface area contributed by atoms with Crippen LogP contribution in [-0.4, -0.2) is 48.4 Å². The van der Waals surface area contributed by atoms with Crippen molar-refractivity contribution < 1.29 is 19.1 Å². The first-order valence-electron chi connectivity index (χ1n) is 8.65. The molecule has 2 amide bonds. The minimum absolute atomic E-state index is 0.0767. The zero-order chi connectivity index (χ0) is 18.8. The highest BCUT2D eigenvalue weighted by atomic mass is 35.5. The molecule has 6 nitrogen and oxygen atoms in total. The smallest absolute Gasteiger partial charge is 0.310 e. The van der Waals surface area contributed by atoms with E-state index in [9.17, 15) is 14.4 Å². The maximum absolute atomic E-state index is 12.9. The summed E-state index contributed by atoms with van der Waals surface area (Å²) in [5, 5.41) is 0.686. The van der Waals surface area contributed by atoms with Crippen LogP contribution in [0.4, 0.5) is 5.69 Å². The van der Waals surface area contributed by atoms with Gasteiger partial charge in [0.1, 0.15) is 0 Å². The fourth-order valence-electron chi connectivity index (χ4n) is 3.56. The molecule has 0 unspecified atom stereocenters. The molecule has 0 N–H and O–H groups in total. The molecule has 3 rings (SSSR count). The molecule has 26 heavy (non-hydrogen) atoms. The lowest BCUT2D eigenvalue weighted by atomic mass is 9.96. The molecule has 0 bridgehead atoms. The summed E-state index contributed by atoms with van der Waals surface area (Å²) in [6.07, 6.45) is 1.59. The Morgan fingerprint density at radius 1 is 1.31 bits per heavy atom. The number of carbonyl (C=O) groups excluding carboxylic acids is 3. The highest BCUT2D eigenvalue weighted by Gasteiger charge is 2.45. The Labute approximate surface area is 162 Å². The van der Waals surface area contributed by atoms with Crippen molar-refractivity contribution in [3.8, 4) is 0 Å². The van der Waals surface area contributed by atoms with Gasteiger partial charge in [0.25, 0.3) is 5.91 Å². The fourth-order valence-corrected chi connectivity index (χ4v) is 4.05. The average molecular weight is 399 g/mol. The van der Waals surface area contributed by atoms with Gasteiger partial charge >= 0.3 is 5.97 Å². The number of benzene rings is 1. The van der Waals surface area contributed by atoms with E-state index in [1.54, 1.807) is 19.1 Å². The Bertz CT molecular complexity index is 740. The van der Waals surface area contributed by atoms with Crippen molar-refractivity contribution in [1.82, 2.24) is 4.90 Å². The van der Waals surface area contributed by atoms with Crippen LogP contribution in [0, 0.1) is 5.92 Å². The monoisotopic (exact) mass is 398 g/mol. The first-order valence-corrected chi connectivity index (χ1v) is 9.40. The number of esters is 1. The van der Waals surface area contributed by atoms with Crippen LogP contribution in [0.15, 0.2) is 18.2 Å². The van der Waals surface area contributed by atoms with Gasteiger partial charge < -0.3 is 4.74 Å². The zero-order valence-corrected chi connectivity index (χ0v) is 15.9. The Balaban J connectivity index is 1.77. The maximum Gasteiger partial charge on any atom is 0.310 e. The van der Waals surface area contributed by atoms with Gasteiger partial charge in [-0.25, -0.2) is 4.90 Å². The molecular weight excluding hydrogens is 379 g/mol. The average Bonchev–Trinajstić information content (AvgIpc) is 2.90. The van der Waals surface area contributed by atoms with E-state index in [0.29, 0.717) is 30.4 Å². The SMILES string of the molecule is CCOC(=O)[C@@H]1CCCN([C@@H]2CC(=O)N(c3ccc(Cl)cc3Cl)C2=O)C1. The number of imide groups is 1. The number of carbonyl (C=O) groups is 3. The largest absolute Gasteiger partial charge is 0.466 e. The lowest BCUT2D eigenvalue weighted by Crippen LogP contribution is -2.48. The van der Waals surface area contributed by atoms with Crippen LogP contribution in [0.3, 0.4) is 0 Å². The summed E-state index contributed by atoms with van der Waals surface area (Å²) in [6.45, 7) is 3.19. The van der Waals surface area contributed by atoms with Crippen molar-refractivity contribution in [2.45, 2.75) is 32.2 Å². The third-order valence-corrected chi connectivity index (χ3v) is 5.32. The molecule has 0 saturated carbocycles. The molecule has 2 aliphatic rings. The molecule has 1 aromatic carbocycles. The normalized spacial score (nSPS) is 24.2. The lowest BCUT2D eigenvalue weighted by Gasteiger charge is -2.34. The van der Waals surface area contributed by atoms with Crippen molar-refractivity contribution in [1.29, 1.82) is 0 Å². The van der Waals surface area contributed by atoms with Gasteiger partial charge in [0.2, 0.25) is 5.91 Å². The molecule has 140 valence electrons. The Kier molecular flexibility index (Phi) is 5.85. The van der Waals surface area contributed by atoms with Crippen molar-refractivity contribution in [2.75, 3.05) is 24.6 Å². The van der Waals surface area contributed by atoms with Crippen LogP contribution in [0.1, 0.15) is 26.2 Å². The van der Waals surface area contributed by atoms with Crippen LogP contribution >= 0.6 is 23.2 Å². The Morgan fingerprint density at radius 3 is 2.77 bits per heavy atom. The summed E-state index contributed by atoms with van der Waals surface area (Å²) in [5.41, 5.74) is 0.340.